The Labute approximate surface area is 93.9 Å². The van der Waals surface area contributed by atoms with Gasteiger partial charge in [-0.1, -0.05) is 18.2 Å². The molecule has 0 heterocycles. The number of aliphatic carboxylic acids is 1. The molecule has 2 nitrogen and oxygen atoms in total. The molecule has 1 aromatic carbocycles. The fourth-order valence-corrected chi connectivity index (χ4v) is 1.62. The molecule has 13 heavy (non-hydrogen) atoms. The summed E-state index contributed by atoms with van der Waals surface area (Å²) in [6.45, 7) is 0. The summed E-state index contributed by atoms with van der Waals surface area (Å²) in [6.07, 6.45) is 0.111. The number of hydrogen-bond acceptors (Lipinski definition) is 3. The fraction of sp³-hybridized carbons (Fsp3) is 0.222. The number of benzene rings is 1. The maximum absolute atomic E-state index is 10.1. The average molecular weight is 188 g/mol. The van der Waals surface area contributed by atoms with Gasteiger partial charge in [0.05, 0.1) is 0 Å². The van der Waals surface area contributed by atoms with Crippen molar-refractivity contribution in [2.45, 2.75) is 11.3 Å². The van der Waals surface area contributed by atoms with Crippen molar-refractivity contribution in [3.63, 3.8) is 0 Å². The second-order valence-electron chi connectivity index (χ2n) is 2.28. The molecule has 0 aliphatic rings. The third kappa shape index (κ3) is 5.81. The predicted octanol–water partition coefficient (Wildman–Crippen LogP) is -2.08. The summed E-state index contributed by atoms with van der Waals surface area (Å²) < 4.78 is 0. The van der Waals surface area contributed by atoms with Crippen LogP contribution in [-0.2, 0) is 4.79 Å². The van der Waals surface area contributed by atoms with Crippen molar-refractivity contribution in [3.05, 3.63) is 30.3 Å². The van der Waals surface area contributed by atoms with Crippen LogP contribution in [0.15, 0.2) is 35.2 Å². The molecule has 0 N–H and O–H groups in total. The first kappa shape index (κ1) is 12.6. The van der Waals surface area contributed by atoms with Crippen LogP contribution in [0.1, 0.15) is 6.42 Å². The van der Waals surface area contributed by atoms with E-state index in [4.69, 9.17) is 0 Å². The third-order valence-corrected chi connectivity index (χ3v) is 2.33. The Bertz CT molecular complexity index is 251. The summed E-state index contributed by atoms with van der Waals surface area (Å²) in [5.74, 6) is -0.412. The van der Waals surface area contributed by atoms with Gasteiger partial charge in [-0.2, -0.15) is 0 Å². The van der Waals surface area contributed by atoms with Crippen LogP contribution < -0.4 is 24.0 Å². The van der Waals surface area contributed by atoms with E-state index in [0.29, 0.717) is 5.75 Å². The number of carboxylic acids is 1. The van der Waals surface area contributed by atoms with E-state index in [1.54, 1.807) is 0 Å². The summed E-state index contributed by atoms with van der Waals surface area (Å²) in [5.41, 5.74) is 0. The third-order valence-electron chi connectivity index (χ3n) is 1.32. The SMILES string of the molecule is O=C([O-])CCSc1ccccc1.[Li+]. The van der Waals surface area contributed by atoms with E-state index in [1.165, 1.54) is 11.8 Å². The molecule has 0 radical (unpaired) electrons. The van der Waals surface area contributed by atoms with Crippen LogP contribution in [0, 0.1) is 0 Å². The molecule has 64 valence electrons. The molecule has 0 atom stereocenters. The van der Waals surface area contributed by atoms with Gasteiger partial charge in [-0.3, -0.25) is 0 Å². The molecule has 0 aliphatic heterocycles. The Morgan fingerprint density at radius 2 is 1.92 bits per heavy atom. The van der Waals surface area contributed by atoms with E-state index in [2.05, 4.69) is 0 Å². The first-order valence-electron chi connectivity index (χ1n) is 3.67. The first-order valence-corrected chi connectivity index (χ1v) is 4.65. The molecular formula is C9H9LiO2S. The van der Waals surface area contributed by atoms with Crippen molar-refractivity contribution in [2.75, 3.05) is 5.75 Å². The minimum atomic E-state index is -0.988. The van der Waals surface area contributed by atoms with Gasteiger partial charge in [-0.05, 0) is 18.6 Å². The zero-order chi connectivity index (χ0) is 8.81. The van der Waals surface area contributed by atoms with E-state index < -0.39 is 5.97 Å². The van der Waals surface area contributed by atoms with Crippen molar-refractivity contribution in [3.8, 4) is 0 Å². The molecule has 4 heteroatoms. The van der Waals surface area contributed by atoms with Gasteiger partial charge in [-0.15, -0.1) is 11.8 Å². The van der Waals surface area contributed by atoms with Crippen LogP contribution in [0.2, 0.25) is 0 Å². The van der Waals surface area contributed by atoms with E-state index in [9.17, 15) is 9.90 Å². The molecule has 0 aliphatic carbocycles. The van der Waals surface area contributed by atoms with Gasteiger partial charge in [-0.25, -0.2) is 0 Å². The monoisotopic (exact) mass is 188 g/mol. The molecule has 0 bridgehead atoms. The Morgan fingerprint density at radius 1 is 1.31 bits per heavy atom. The molecule has 0 fully saturated rings. The van der Waals surface area contributed by atoms with Gasteiger partial charge in [0.2, 0.25) is 0 Å². The summed E-state index contributed by atoms with van der Waals surface area (Å²) >= 11 is 1.53. The number of carboxylic acid groups (broad SMARTS) is 1. The molecule has 1 aromatic rings. The van der Waals surface area contributed by atoms with Crippen LogP contribution in [0.25, 0.3) is 0 Å². The zero-order valence-corrected chi connectivity index (χ0v) is 8.34. The Hall–Kier alpha value is -0.363. The summed E-state index contributed by atoms with van der Waals surface area (Å²) in [5, 5.41) is 10.1. The topological polar surface area (TPSA) is 40.1 Å². The molecular weight excluding hydrogens is 179 g/mol. The maximum atomic E-state index is 10.1. The van der Waals surface area contributed by atoms with Crippen molar-refractivity contribution in [1.29, 1.82) is 0 Å². The number of rotatable bonds is 4. The molecule has 0 saturated heterocycles. The van der Waals surface area contributed by atoms with Crippen LogP contribution in [0.3, 0.4) is 0 Å². The minimum absolute atomic E-state index is 0. The molecule has 0 aromatic heterocycles. The van der Waals surface area contributed by atoms with E-state index in [0.717, 1.165) is 4.90 Å². The molecule has 0 spiro atoms. The van der Waals surface area contributed by atoms with Gasteiger partial charge in [0, 0.05) is 16.6 Å². The smallest absolute Gasteiger partial charge is 0.550 e. The number of carbonyl (C=O) groups is 1. The minimum Gasteiger partial charge on any atom is -0.550 e. The molecule has 0 amide bonds. The summed E-state index contributed by atoms with van der Waals surface area (Å²) in [7, 11) is 0. The van der Waals surface area contributed by atoms with Crippen LogP contribution in [-0.4, -0.2) is 11.7 Å². The number of thioether (sulfide) groups is 1. The number of hydrogen-bond donors (Lipinski definition) is 0. The number of carbonyl (C=O) groups excluding carboxylic acids is 1. The van der Waals surface area contributed by atoms with Gasteiger partial charge >= 0.3 is 18.9 Å². The Morgan fingerprint density at radius 3 is 2.46 bits per heavy atom. The first-order chi connectivity index (χ1) is 5.79. The van der Waals surface area contributed by atoms with Crippen molar-refractivity contribution >= 4 is 17.7 Å². The van der Waals surface area contributed by atoms with Crippen molar-refractivity contribution < 1.29 is 28.8 Å². The second kappa shape index (κ2) is 7.08. The van der Waals surface area contributed by atoms with Crippen molar-refractivity contribution in [1.82, 2.24) is 0 Å². The van der Waals surface area contributed by atoms with Crippen molar-refractivity contribution in [2.24, 2.45) is 0 Å². The predicted molar refractivity (Wildman–Crippen MR) is 46.8 cm³/mol. The quantitative estimate of drug-likeness (QED) is 0.402. The fourth-order valence-electron chi connectivity index (χ4n) is 0.769. The summed E-state index contributed by atoms with van der Waals surface area (Å²) in [6, 6.07) is 9.71. The van der Waals surface area contributed by atoms with Crippen LogP contribution >= 0.6 is 11.8 Å². The maximum Gasteiger partial charge on any atom is 1.00 e. The second-order valence-corrected chi connectivity index (χ2v) is 3.45. The molecule has 0 saturated carbocycles. The van der Waals surface area contributed by atoms with E-state index >= 15 is 0 Å². The van der Waals surface area contributed by atoms with Gasteiger partial charge in [0.25, 0.3) is 0 Å². The van der Waals surface area contributed by atoms with Gasteiger partial charge in [0.1, 0.15) is 0 Å². The zero-order valence-electron chi connectivity index (χ0n) is 7.53. The normalized spacial score (nSPS) is 8.92. The largest absolute Gasteiger partial charge is 1.00 e. The Balaban J connectivity index is 0.00000144. The summed E-state index contributed by atoms with van der Waals surface area (Å²) in [4.78, 5) is 11.2. The van der Waals surface area contributed by atoms with Crippen LogP contribution in [0.5, 0.6) is 0 Å². The molecule has 1 rings (SSSR count). The van der Waals surface area contributed by atoms with E-state index in [1.807, 2.05) is 30.3 Å². The van der Waals surface area contributed by atoms with E-state index in [-0.39, 0.29) is 25.3 Å². The molecule has 0 unspecified atom stereocenters. The van der Waals surface area contributed by atoms with Gasteiger partial charge < -0.3 is 9.90 Å². The average Bonchev–Trinajstić information content (AvgIpc) is 2.05. The Kier molecular flexibility index (Phi) is 6.88. The standard InChI is InChI=1S/C9H10O2S.Li/c10-9(11)6-7-12-8-4-2-1-3-5-8;/h1-5H,6-7H2,(H,10,11);/q;+1/p-1. The van der Waals surface area contributed by atoms with Crippen LogP contribution in [0.4, 0.5) is 0 Å². The van der Waals surface area contributed by atoms with Gasteiger partial charge in [0.15, 0.2) is 0 Å².